The van der Waals surface area contributed by atoms with Gasteiger partial charge in [-0.15, -0.1) is 0 Å². The van der Waals surface area contributed by atoms with Gasteiger partial charge < -0.3 is 0 Å². The van der Waals surface area contributed by atoms with Gasteiger partial charge in [-0.05, 0) is 30.7 Å². The highest BCUT2D eigenvalue weighted by Crippen LogP contribution is 2.13. The van der Waals surface area contributed by atoms with Crippen LogP contribution in [0.3, 0.4) is 0 Å². The lowest BCUT2D eigenvalue weighted by atomic mass is 10.1. The number of halogens is 2. The lowest BCUT2D eigenvalue weighted by Crippen LogP contribution is -1.92. The quantitative estimate of drug-likeness (QED) is 0.444. The van der Waals surface area contributed by atoms with Gasteiger partial charge in [-0.25, -0.2) is 8.78 Å². The van der Waals surface area contributed by atoms with Gasteiger partial charge in [-0.3, -0.25) is 0 Å². The molecule has 2 aromatic rings. The minimum atomic E-state index is -0.594. The van der Waals surface area contributed by atoms with Crippen molar-refractivity contribution in [2.45, 2.75) is 6.92 Å². The van der Waals surface area contributed by atoms with Crippen molar-refractivity contribution in [1.29, 1.82) is 0 Å². The van der Waals surface area contributed by atoms with Crippen LogP contribution >= 0.6 is 12.2 Å². The average molecular weight is 274 g/mol. The van der Waals surface area contributed by atoms with Crippen molar-refractivity contribution in [3.05, 3.63) is 76.9 Å². The number of rotatable bonds is 3. The van der Waals surface area contributed by atoms with Crippen molar-refractivity contribution in [1.82, 2.24) is 0 Å². The number of hydrogen-bond donors (Lipinski definition) is 0. The largest absolute Gasteiger partial charge is 0.207 e. The Balaban J connectivity index is 2.18. The minimum Gasteiger partial charge on any atom is -0.207 e. The van der Waals surface area contributed by atoms with E-state index in [-0.39, 0.29) is 0 Å². The summed E-state index contributed by atoms with van der Waals surface area (Å²) in [5, 5.41) is 0. The molecule has 0 bridgehead atoms. The molecule has 0 aliphatic rings. The maximum absolute atomic E-state index is 13.4. The van der Waals surface area contributed by atoms with Crippen LogP contribution in [-0.2, 0) is 0 Å². The maximum Gasteiger partial charge on any atom is 0.133 e. The molecule has 0 unspecified atom stereocenters. The van der Waals surface area contributed by atoms with Gasteiger partial charge in [0.05, 0.1) is 0 Å². The van der Waals surface area contributed by atoms with Gasteiger partial charge in [0.25, 0.3) is 0 Å². The third kappa shape index (κ3) is 3.55. The monoisotopic (exact) mass is 274 g/mol. The fourth-order valence-electron chi connectivity index (χ4n) is 1.62. The molecule has 2 aromatic carbocycles. The summed E-state index contributed by atoms with van der Waals surface area (Å²) in [5.41, 5.74) is 2.37. The van der Waals surface area contributed by atoms with Crippen LogP contribution in [0.1, 0.15) is 16.7 Å². The van der Waals surface area contributed by atoms with E-state index < -0.39 is 11.6 Å². The third-order valence-electron chi connectivity index (χ3n) is 2.71. The standard InChI is InChI=1S/C16H12F2S/c1-11-2-4-13(5-3-11)16(19)9-7-12-6-8-14(17)10-15(12)18/h2-10H,1H3. The van der Waals surface area contributed by atoms with E-state index in [0.29, 0.717) is 10.4 Å². The van der Waals surface area contributed by atoms with Gasteiger partial charge in [-0.1, -0.05) is 48.1 Å². The summed E-state index contributed by atoms with van der Waals surface area (Å²) in [6.45, 7) is 2.00. The summed E-state index contributed by atoms with van der Waals surface area (Å²) in [6.07, 6.45) is 3.20. The second-order valence-electron chi connectivity index (χ2n) is 4.23. The Hall–Kier alpha value is -1.87. The van der Waals surface area contributed by atoms with E-state index in [1.54, 1.807) is 12.2 Å². The number of hydrogen-bond acceptors (Lipinski definition) is 1. The highest BCUT2D eigenvalue weighted by atomic mass is 32.1. The predicted molar refractivity (Wildman–Crippen MR) is 78.3 cm³/mol. The van der Waals surface area contributed by atoms with E-state index in [0.717, 1.165) is 17.2 Å². The first kappa shape index (κ1) is 13.6. The molecule has 0 nitrogen and oxygen atoms in total. The van der Waals surface area contributed by atoms with Crippen LogP contribution in [0.5, 0.6) is 0 Å². The number of aryl methyl sites for hydroxylation is 1. The van der Waals surface area contributed by atoms with E-state index in [2.05, 4.69) is 0 Å². The van der Waals surface area contributed by atoms with Gasteiger partial charge in [0.1, 0.15) is 11.6 Å². The third-order valence-corrected chi connectivity index (χ3v) is 3.08. The molecule has 0 N–H and O–H groups in total. The zero-order valence-electron chi connectivity index (χ0n) is 10.4. The number of thiocarbonyl (C=S) groups is 1. The highest BCUT2D eigenvalue weighted by Gasteiger charge is 2.01. The minimum absolute atomic E-state index is 0.316. The van der Waals surface area contributed by atoms with Gasteiger partial charge >= 0.3 is 0 Å². The molecule has 96 valence electrons. The molecule has 19 heavy (non-hydrogen) atoms. The van der Waals surface area contributed by atoms with Crippen molar-refractivity contribution in [2.75, 3.05) is 0 Å². The molecule has 0 atom stereocenters. The van der Waals surface area contributed by atoms with Crippen molar-refractivity contribution >= 4 is 23.2 Å². The second-order valence-corrected chi connectivity index (χ2v) is 4.67. The van der Waals surface area contributed by atoms with Crippen LogP contribution in [0.15, 0.2) is 48.5 Å². The van der Waals surface area contributed by atoms with Crippen molar-refractivity contribution < 1.29 is 8.78 Å². The fraction of sp³-hybridized carbons (Fsp3) is 0.0625. The smallest absolute Gasteiger partial charge is 0.133 e. The van der Waals surface area contributed by atoms with Gasteiger partial charge in [0, 0.05) is 16.5 Å². The molecule has 0 aromatic heterocycles. The molecule has 0 heterocycles. The Bertz CT molecular complexity index is 628. The number of benzene rings is 2. The summed E-state index contributed by atoms with van der Waals surface area (Å²) in [5.74, 6) is -1.18. The molecular weight excluding hydrogens is 262 g/mol. The van der Waals surface area contributed by atoms with Crippen LogP contribution < -0.4 is 0 Å². The highest BCUT2D eigenvalue weighted by molar-refractivity contribution is 7.81. The first-order valence-corrected chi connectivity index (χ1v) is 6.21. The molecule has 0 aliphatic heterocycles. The zero-order chi connectivity index (χ0) is 13.8. The van der Waals surface area contributed by atoms with E-state index in [9.17, 15) is 8.78 Å². The predicted octanol–water partition coefficient (Wildman–Crippen LogP) is 4.70. The van der Waals surface area contributed by atoms with E-state index in [4.69, 9.17) is 12.2 Å². The molecule has 0 aliphatic carbocycles. The first-order chi connectivity index (χ1) is 9.06. The molecular formula is C16H12F2S. The Labute approximate surface area is 116 Å². The SMILES string of the molecule is Cc1ccc(C(=S)C=Cc2ccc(F)cc2F)cc1. The van der Waals surface area contributed by atoms with Crippen LogP contribution in [0.25, 0.3) is 6.08 Å². The lowest BCUT2D eigenvalue weighted by Gasteiger charge is -2.00. The van der Waals surface area contributed by atoms with Gasteiger partial charge in [0.2, 0.25) is 0 Å². The first-order valence-electron chi connectivity index (χ1n) is 5.80. The van der Waals surface area contributed by atoms with Crippen LogP contribution in [0.4, 0.5) is 8.78 Å². The molecule has 0 spiro atoms. The maximum atomic E-state index is 13.4. The molecule has 3 heteroatoms. The Morgan fingerprint density at radius 1 is 1.05 bits per heavy atom. The number of allylic oxidation sites excluding steroid dienone is 1. The lowest BCUT2D eigenvalue weighted by molar-refractivity contribution is 0.581. The Kier molecular flexibility index (Phi) is 4.17. The average Bonchev–Trinajstić information content (AvgIpc) is 2.38. The van der Waals surface area contributed by atoms with Crippen molar-refractivity contribution in [3.63, 3.8) is 0 Å². The molecule has 0 amide bonds. The molecule has 0 fully saturated rings. The second kappa shape index (κ2) is 5.85. The summed E-state index contributed by atoms with van der Waals surface area (Å²) < 4.78 is 26.2. The zero-order valence-corrected chi connectivity index (χ0v) is 11.2. The summed E-state index contributed by atoms with van der Waals surface area (Å²) >= 11 is 5.25. The Morgan fingerprint density at radius 2 is 1.74 bits per heavy atom. The van der Waals surface area contributed by atoms with Crippen molar-refractivity contribution in [3.8, 4) is 0 Å². The van der Waals surface area contributed by atoms with Crippen LogP contribution in [0.2, 0.25) is 0 Å². The van der Waals surface area contributed by atoms with Gasteiger partial charge in [-0.2, -0.15) is 0 Å². The van der Waals surface area contributed by atoms with Crippen LogP contribution in [0, 0.1) is 18.6 Å². The molecule has 0 saturated carbocycles. The Morgan fingerprint density at radius 3 is 2.37 bits per heavy atom. The summed E-state index contributed by atoms with van der Waals surface area (Å²) in [4.78, 5) is 0.615. The van der Waals surface area contributed by atoms with E-state index >= 15 is 0 Å². The normalized spacial score (nSPS) is 10.9. The summed E-state index contributed by atoms with van der Waals surface area (Å²) in [6, 6.07) is 11.2. The van der Waals surface area contributed by atoms with Gasteiger partial charge in [0.15, 0.2) is 0 Å². The molecule has 0 radical (unpaired) electrons. The molecule has 0 saturated heterocycles. The summed E-state index contributed by atoms with van der Waals surface area (Å²) in [7, 11) is 0. The molecule has 2 rings (SSSR count). The topological polar surface area (TPSA) is 0 Å². The van der Waals surface area contributed by atoms with Crippen molar-refractivity contribution in [2.24, 2.45) is 0 Å². The van der Waals surface area contributed by atoms with Crippen LogP contribution in [-0.4, -0.2) is 4.86 Å². The van der Waals surface area contributed by atoms with E-state index in [1.807, 2.05) is 31.2 Å². The fourth-order valence-corrected chi connectivity index (χ4v) is 1.82. The van der Waals surface area contributed by atoms with E-state index in [1.165, 1.54) is 12.1 Å².